The second-order valence-corrected chi connectivity index (χ2v) is 7.09. The summed E-state index contributed by atoms with van der Waals surface area (Å²) >= 11 is 3.34. The van der Waals surface area contributed by atoms with Crippen molar-refractivity contribution in [1.29, 1.82) is 0 Å². The van der Waals surface area contributed by atoms with Crippen LogP contribution in [0.2, 0.25) is 0 Å². The number of nitrogens with zero attached hydrogens (tertiary/aromatic N) is 1. The molecule has 0 aromatic heterocycles. The first-order valence-electron chi connectivity index (χ1n) is 8.41. The van der Waals surface area contributed by atoms with Crippen LogP contribution in [0.15, 0.2) is 64.0 Å². The minimum absolute atomic E-state index is 0.0181. The Morgan fingerprint density at radius 1 is 1.19 bits per heavy atom. The number of ether oxygens (including phenoxy) is 2. The minimum atomic E-state index is -0.434. The molecule has 0 fully saturated rings. The number of rotatable bonds is 4. The zero-order chi connectivity index (χ0) is 18.8. The van der Waals surface area contributed by atoms with Gasteiger partial charge in [-0.05, 0) is 50.3 Å². The Bertz CT molecular complexity index is 823. The molecule has 0 bridgehead atoms. The lowest BCUT2D eigenvalue weighted by atomic mass is 9.90. The first-order valence-corrected chi connectivity index (χ1v) is 9.20. The van der Waals surface area contributed by atoms with Crippen LogP contribution in [0.4, 0.5) is 0 Å². The van der Waals surface area contributed by atoms with Gasteiger partial charge in [-0.25, -0.2) is 9.59 Å². The molecule has 0 unspecified atom stereocenters. The number of hydrogen-bond acceptors (Lipinski definition) is 5. The van der Waals surface area contributed by atoms with Crippen molar-refractivity contribution in [1.82, 2.24) is 4.90 Å². The highest BCUT2D eigenvalue weighted by molar-refractivity contribution is 9.10. The van der Waals surface area contributed by atoms with Crippen LogP contribution >= 0.6 is 15.9 Å². The molecule has 0 N–H and O–H groups in total. The second kappa shape index (κ2) is 7.50. The fourth-order valence-electron chi connectivity index (χ4n) is 3.24. The van der Waals surface area contributed by atoms with Gasteiger partial charge >= 0.3 is 11.9 Å². The first-order chi connectivity index (χ1) is 12.4. The smallest absolute Gasteiger partial charge is 0.343 e. The van der Waals surface area contributed by atoms with Gasteiger partial charge in [-0.15, -0.1) is 0 Å². The fourth-order valence-corrected chi connectivity index (χ4v) is 3.50. The van der Waals surface area contributed by atoms with E-state index >= 15 is 0 Å². The van der Waals surface area contributed by atoms with E-state index < -0.39 is 5.97 Å². The van der Waals surface area contributed by atoms with Crippen LogP contribution in [0.3, 0.4) is 0 Å². The maximum Gasteiger partial charge on any atom is 0.343 e. The van der Waals surface area contributed by atoms with E-state index in [0.717, 1.165) is 10.2 Å². The zero-order valence-electron chi connectivity index (χ0n) is 14.9. The third-order valence-corrected chi connectivity index (χ3v) is 5.18. The molecule has 1 heterocycles. The van der Waals surface area contributed by atoms with Crippen molar-refractivity contribution in [3.8, 4) is 0 Å². The molecule has 0 radical (unpaired) electrons. The zero-order valence-corrected chi connectivity index (χ0v) is 16.4. The Morgan fingerprint density at radius 3 is 2.54 bits per heavy atom. The van der Waals surface area contributed by atoms with Crippen LogP contribution < -0.4 is 0 Å². The maximum absolute atomic E-state index is 12.4. The Balaban J connectivity index is 1.82. The van der Waals surface area contributed by atoms with Gasteiger partial charge in [-0.2, -0.15) is 0 Å². The van der Waals surface area contributed by atoms with Gasteiger partial charge in [0.2, 0.25) is 0 Å². The number of fused-ring (bicyclic) bond motifs is 1. The molecule has 2 atom stereocenters. The van der Waals surface area contributed by atoms with Gasteiger partial charge in [0.05, 0.1) is 23.8 Å². The third kappa shape index (κ3) is 3.46. The van der Waals surface area contributed by atoms with E-state index in [1.165, 1.54) is 0 Å². The third-order valence-electron chi connectivity index (χ3n) is 4.65. The molecule has 1 aromatic rings. The number of carbonyl (C=O) groups is 2. The van der Waals surface area contributed by atoms with E-state index in [1.807, 2.05) is 31.0 Å². The molecule has 0 saturated carbocycles. The molecule has 0 saturated heterocycles. The van der Waals surface area contributed by atoms with Crippen molar-refractivity contribution in [3.63, 3.8) is 0 Å². The quantitative estimate of drug-likeness (QED) is 0.696. The molecule has 2 aliphatic rings. The summed E-state index contributed by atoms with van der Waals surface area (Å²) in [4.78, 5) is 26.7. The summed E-state index contributed by atoms with van der Waals surface area (Å²) in [5, 5.41) is 0. The number of benzene rings is 1. The number of halogens is 1. The van der Waals surface area contributed by atoms with Crippen molar-refractivity contribution in [2.24, 2.45) is 5.92 Å². The van der Waals surface area contributed by atoms with Crippen LogP contribution in [0.25, 0.3) is 0 Å². The van der Waals surface area contributed by atoms with E-state index in [-0.39, 0.29) is 17.9 Å². The van der Waals surface area contributed by atoms with E-state index in [1.54, 1.807) is 37.3 Å². The lowest BCUT2D eigenvalue weighted by Gasteiger charge is -2.26. The molecule has 1 aliphatic carbocycles. The molecule has 136 valence electrons. The molecule has 1 aliphatic heterocycles. The highest BCUT2D eigenvalue weighted by Gasteiger charge is 2.40. The van der Waals surface area contributed by atoms with Crippen molar-refractivity contribution in [3.05, 3.63) is 69.6 Å². The van der Waals surface area contributed by atoms with Gasteiger partial charge in [-0.3, -0.25) is 0 Å². The molecular weight excluding hydrogens is 398 g/mol. The van der Waals surface area contributed by atoms with Crippen LogP contribution in [0.5, 0.6) is 0 Å². The number of hydrogen-bond donors (Lipinski definition) is 0. The standard InChI is InChI=1S/C20H20BrNO4/c1-4-25-20(24)18-12(2)22(3)17-10-9-15(11-16(17)18)26-19(23)13-5-7-14(21)8-6-13/h5-11,16-17H,4H2,1-3H3/t16-,17-/m1/s1. The molecule has 0 amide bonds. The lowest BCUT2D eigenvalue weighted by Crippen LogP contribution is -2.30. The van der Waals surface area contributed by atoms with Gasteiger partial charge in [0.25, 0.3) is 0 Å². The molecule has 0 spiro atoms. The van der Waals surface area contributed by atoms with E-state index in [9.17, 15) is 9.59 Å². The predicted molar refractivity (Wildman–Crippen MR) is 101 cm³/mol. The molecule has 3 rings (SSSR count). The monoisotopic (exact) mass is 417 g/mol. The largest absolute Gasteiger partial charge is 0.463 e. The number of allylic oxidation sites excluding steroid dienone is 2. The highest BCUT2D eigenvalue weighted by atomic mass is 79.9. The average molecular weight is 418 g/mol. The summed E-state index contributed by atoms with van der Waals surface area (Å²) in [6.07, 6.45) is 5.54. The predicted octanol–water partition coefficient (Wildman–Crippen LogP) is 3.83. The number of carbonyl (C=O) groups excluding carboxylic acids is 2. The summed E-state index contributed by atoms with van der Waals surface area (Å²) in [6, 6.07) is 6.98. The summed E-state index contributed by atoms with van der Waals surface area (Å²) in [6.45, 7) is 4.01. The molecule has 5 nitrogen and oxygen atoms in total. The molecule has 6 heteroatoms. The van der Waals surface area contributed by atoms with Gasteiger partial charge in [0.1, 0.15) is 5.76 Å². The second-order valence-electron chi connectivity index (χ2n) is 6.17. The van der Waals surface area contributed by atoms with Crippen LogP contribution in [0, 0.1) is 5.92 Å². The number of esters is 2. The van der Waals surface area contributed by atoms with Crippen LogP contribution in [-0.2, 0) is 14.3 Å². The summed E-state index contributed by atoms with van der Waals surface area (Å²) in [5.41, 5.74) is 1.95. The Morgan fingerprint density at radius 2 is 1.88 bits per heavy atom. The van der Waals surface area contributed by atoms with Crippen molar-refractivity contribution >= 4 is 27.9 Å². The normalized spacial score (nSPS) is 21.4. The first kappa shape index (κ1) is 18.5. The van der Waals surface area contributed by atoms with E-state index in [2.05, 4.69) is 15.9 Å². The lowest BCUT2D eigenvalue weighted by molar-refractivity contribution is -0.138. The van der Waals surface area contributed by atoms with Gasteiger partial charge in [0, 0.05) is 23.1 Å². The fraction of sp³-hybridized carbons (Fsp3) is 0.300. The summed E-state index contributed by atoms with van der Waals surface area (Å²) in [5.74, 6) is -0.521. The average Bonchev–Trinajstić information content (AvgIpc) is 2.86. The summed E-state index contributed by atoms with van der Waals surface area (Å²) < 4.78 is 11.6. The number of likely N-dealkylation sites (N-methyl/N-ethyl adjacent to an activating group) is 1. The SMILES string of the molecule is CCOC(=O)C1=C(C)N(C)[C@@H]2C=CC(OC(=O)c3ccc(Br)cc3)=C[C@@H]12. The van der Waals surface area contributed by atoms with Crippen LogP contribution in [0.1, 0.15) is 24.2 Å². The van der Waals surface area contributed by atoms with Crippen molar-refractivity contribution in [2.75, 3.05) is 13.7 Å². The van der Waals surface area contributed by atoms with Crippen molar-refractivity contribution < 1.29 is 19.1 Å². The Hall–Kier alpha value is -2.34. The summed E-state index contributed by atoms with van der Waals surface area (Å²) in [7, 11) is 1.94. The van der Waals surface area contributed by atoms with Gasteiger partial charge in [-0.1, -0.05) is 22.0 Å². The Kier molecular flexibility index (Phi) is 5.32. The highest BCUT2D eigenvalue weighted by Crippen LogP contribution is 2.38. The van der Waals surface area contributed by atoms with E-state index in [0.29, 0.717) is 23.5 Å². The topological polar surface area (TPSA) is 55.8 Å². The van der Waals surface area contributed by atoms with Crippen LogP contribution in [-0.4, -0.2) is 36.5 Å². The van der Waals surface area contributed by atoms with Crippen molar-refractivity contribution in [2.45, 2.75) is 19.9 Å². The Labute approximate surface area is 161 Å². The van der Waals surface area contributed by atoms with Gasteiger partial charge in [0.15, 0.2) is 0 Å². The van der Waals surface area contributed by atoms with E-state index in [4.69, 9.17) is 9.47 Å². The van der Waals surface area contributed by atoms with Gasteiger partial charge < -0.3 is 14.4 Å². The maximum atomic E-state index is 12.4. The molecule has 1 aromatic carbocycles. The minimum Gasteiger partial charge on any atom is -0.463 e. The molecular formula is C20H20BrNO4. The molecule has 26 heavy (non-hydrogen) atoms.